The maximum Gasteiger partial charge on any atom is 0.0521 e. The summed E-state index contributed by atoms with van der Waals surface area (Å²) in [4.78, 5) is 2.60. The van der Waals surface area contributed by atoms with Crippen molar-refractivity contribution in [1.29, 1.82) is 0 Å². The van der Waals surface area contributed by atoms with Crippen molar-refractivity contribution in [2.45, 2.75) is 25.8 Å². The van der Waals surface area contributed by atoms with Crippen molar-refractivity contribution in [3.8, 4) is 0 Å². The minimum atomic E-state index is 0.472. The fourth-order valence-electron chi connectivity index (χ4n) is 3.76. The maximum atomic E-state index is 5.68. The van der Waals surface area contributed by atoms with E-state index >= 15 is 0 Å². The van der Waals surface area contributed by atoms with Gasteiger partial charge in [0, 0.05) is 26.2 Å². The van der Waals surface area contributed by atoms with E-state index in [4.69, 9.17) is 9.47 Å². The van der Waals surface area contributed by atoms with Crippen LogP contribution in [0.4, 0.5) is 0 Å². The molecule has 0 saturated carbocycles. The fourth-order valence-corrected chi connectivity index (χ4v) is 4.42. The molecule has 1 spiro atoms. The SMILES string of the molecule is COC[C@@H]1COCCC12CCN(Cc1ccsc1)CC2. The van der Waals surface area contributed by atoms with Crippen molar-refractivity contribution in [3.63, 3.8) is 0 Å². The summed E-state index contributed by atoms with van der Waals surface area (Å²) < 4.78 is 11.1. The molecule has 0 bridgehead atoms. The third-order valence-electron chi connectivity index (χ3n) is 5.14. The number of hydrogen-bond donors (Lipinski definition) is 0. The van der Waals surface area contributed by atoms with Gasteiger partial charge in [-0.15, -0.1) is 0 Å². The van der Waals surface area contributed by atoms with Crippen molar-refractivity contribution >= 4 is 11.3 Å². The van der Waals surface area contributed by atoms with E-state index < -0.39 is 0 Å². The zero-order chi connectivity index (χ0) is 13.8. The van der Waals surface area contributed by atoms with Gasteiger partial charge in [-0.25, -0.2) is 0 Å². The average molecular weight is 295 g/mol. The predicted molar refractivity (Wildman–Crippen MR) is 82.1 cm³/mol. The first-order valence-corrected chi connectivity index (χ1v) is 8.57. The zero-order valence-electron chi connectivity index (χ0n) is 12.3. The first-order chi connectivity index (χ1) is 9.82. The van der Waals surface area contributed by atoms with Crippen LogP contribution in [0.1, 0.15) is 24.8 Å². The first-order valence-electron chi connectivity index (χ1n) is 7.62. The molecular formula is C16H25NO2S. The van der Waals surface area contributed by atoms with Crippen LogP contribution in [0.25, 0.3) is 0 Å². The van der Waals surface area contributed by atoms with Gasteiger partial charge < -0.3 is 9.47 Å². The second kappa shape index (κ2) is 6.56. The van der Waals surface area contributed by atoms with Crippen molar-refractivity contribution < 1.29 is 9.47 Å². The third kappa shape index (κ3) is 3.08. The lowest BCUT2D eigenvalue weighted by atomic mass is 9.66. The van der Waals surface area contributed by atoms with Gasteiger partial charge in [0.25, 0.3) is 0 Å². The highest BCUT2D eigenvalue weighted by Gasteiger charge is 2.43. The molecule has 1 aromatic heterocycles. The van der Waals surface area contributed by atoms with E-state index in [2.05, 4.69) is 21.7 Å². The molecule has 0 aliphatic carbocycles. The maximum absolute atomic E-state index is 5.68. The normalized spacial score (nSPS) is 26.9. The van der Waals surface area contributed by atoms with E-state index in [0.29, 0.717) is 11.3 Å². The fraction of sp³-hybridized carbons (Fsp3) is 0.750. The monoisotopic (exact) mass is 295 g/mol. The lowest BCUT2D eigenvalue weighted by Crippen LogP contribution is -2.49. The van der Waals surface area contributed by atoms with Gasteiger partial charge >= 0.3 is 0 Å². The van der Waals surface area contributed by atoms with Gasteiger partial charge in [-0.2, -0.15) is 11.3 Å². The molecule has 2 aliphatic rings. The van der Waals surface area contributed by atoms with E-state index in [1.807, 2.05) is 7.11 Å². The zero-order valence-corrected chi connectivity index (χ0v) is 13.2. The molecule has 3 nitrogen and oxygen atoms in total. The summed E-state index contributed by atoms with van der Waals surface area (Å²) in [6.07, 6.45) is 3.82. The Hall–Kier alpha value is -0.420. The van der Waals surface area contributed by atoms with Gasteiger partial charge in [0.05, 0.1) is 13.2 Å². The Balaban J connectivity index is 1.58. The number of methoxy groups -OCH3 is 1. The summed E-state index contributed by atoms with van der Waals surface area (Å²) in [5.74, 6) is 0.588. The number of ether oxygens (including phenoxy) is 2. The summed E-state index contributed by atoms with van der Waals surface area (Å²) in [5.41, 5.74) is 1.94. The van der Waals surface area contributed by atoms with Crippen LogP contribution in [0.5, 0.6) is 0 Å². The Kier molecular flexibility index (Phi) is 4.76. The molecule has 0 N–H and O–H groups in total. The minimum Gasteiger partial charge on any atom is -0.384 e. The summed E-state index contributed by atoms with van der Waals surface area (Å²) in [6, 6.07) is 2.25. The summed E-state index contributed by atoms with van der Waals surface area (Å²) in [5, 5.41) is 4.44. The van der Waals surface area contributed by atoms with Gasteiger partial charge in [0.15, 0.2) is 0 Å². The van der Waals surface area contributed by atoms with Crippen LogP contribution >= 0.6 is 11.3 Å². The van der Waals surface area contributed by atoms with Crippen molar-refractivity contribution in [3.05, 3.63) is 22.4 Å². The molecule has 20 heavy (non-hydrogen) atoms. The molecule has 1 aromatic rings. The molecule has 0 unspecified atom stereocenters. The molecule has 2 aliphatic heterocycles. The first kappa shape index (κ1) is 14.5. The van der Waals surface area contributed by atoms with Crippen LogP contribution in [0, 0.1) is 11.3 Å². The van der Waals surface area contributed by atoms with Gasteiger partial charge in [-0.1, -0.05) is 0 Å². The Bertz CT molecular complexity index is 397. The molecule has 0 aromatic carbocycles. The van der Waals surface area contributed by atoms with Gasteiger partial charge in [0.1, 0.15) is 0 Å². The van der Waals surface area contributed by atoms with Crippen molar-refractivity contribution in [1.82, 2.24) is 4.90 Å². The lowest BCUT2D eigenvalue weighted by molar-refractivity contribution is -0.0951. The van der Waals surface area contributed by atoms with Gasteiger partial charge in [-0.05, 0) is 60.2 Å². The number of thiophene rings is 1. The number of likely N-dealkylation sites (tertiary alicyclic amines) is 1. The molecule has 2 fully saturated rings. The summed E-state index contributed by atoms with van der Waals surface area (Å²) in [6.45, 7) is 6.23. The molecule has 3 rings (SSSR count). The second-order valence-corrected chi connectivity index (χ2v) is 7.03. The Morgan fingerprint density at radius 3 is 2.95 bits per heavy atom. The molecule has 1 atom stereocenters. The molecular weight excluding hydrogens is 270 g/mol. The Morgan fingerprint density at radius 1 is 1.40 bits per heavy atom. The van der Waals surface area contributed by atoms with Crippen LogP contribution in [-0.4, -0.2) is 44.9 Å². The van der Waals surface area contributed by atoms with Crippen LogP contribution in [-0.2, 0) is 16.0 Å². The molecule has 112 valence electrons. The average Bonchev–Trinajstić information content (AvgIpc) is 2.97. The van der Waals surface area contributed by atoms with Crippen LogP contribution in [0.3, 0.4) is 0 Å². The topological polar surface area (TPSA) is 21.7 Å². The van der Waals surface area contributed by atoms with Gasteiger partial charge in [-0.3, -0.25) is 4.90 Å². The second-order valence-electron chi connectivity index (χ2n) is 6.25. The largest absolute Gasteiger partial charge is 0.384 e. The predicted octanol–water partition coefficient (Wildman–Crippen LogP) is 3.01. The van der Waals surface area contributed by atoms with Crippen molar-refractivity contribution in [2.24, 2.45) is 11.3 Å². The highest BCUT2D eigenvalue weighted by Crippen LogP contribution is 2.44. The van der Waals surface area contributed by atoms with E-state index in [-0.39, 0.29) is 0 Å². The van der Waals surface area contributed by atoms with E-state index in [9.17, 15) is 0 Å². The number of rotatable bonds is 4. The van der Waals surface area contributed by atoms with Crippen LogP contribution in [0.15, 0.2) is 16.8 Å². The molecule has 2 saturated heterocycles. The molecule has 0 amide bonds. The molecule has 3 heterocycles. The van der Waals surface area contributed by atoms with E-state index in [1.165, 1.54) is 37.9 Å². The molecule has 4 heteroatoms. The minimum absolute atomic E-state index is 0.472. The smallest absolute Gasteiger partial charge is 0.0521 e. The number of hydrogen-bond acceptors (Lipinski definition) is 4. The molecule has 0 radical (unpaired) electrons. The van der Waals surface area contributed by atoms with Gasteiger partial charge in [0.2, 0.25) is 0 Å². The third-order valence-corrected chi connectivity index (χ3v) is 5.87. The van der Waals surface area contributed by atoms with Crippen LogP contribution in [0.2, 0.25) is 0 Å². The van der Waals surface area contributed by atoms with E-state index in [0.717, 1.165) is 26.4 Å². The highest BCUT2D eigenvalue weighted by atomic mass is 32.1. The van der Waals surface area contributed by atoms with Crippen LogP contribution < -0.4 is 0 Å². The number of nitrogens with zero attached hydrogens (tertiary/aromatic N) is 1. The highest BCUT2D eigenvalue weighted by molar-refractivity contribution is 7.07. The quantitative estimate of drug-likeness (QED) is 0.852. The Labute approximate surface area is 125 Å². The standard InChI is InChI=1S/C16H25NO2S/c1-18-11-15-12-19-8-5-16(15)3-6-17(7-4-16)10-14-2-9-20-13-14/h2,9,13,15H,3-8,10-12H2,1H3/t15-/m1/s1. The van der Waals surface area contributed by atoms with E-state index in [1.54, 1.807) is 11.3 Å². The Morgan fingerprint density at radius 2 is 2.25 bits per heavy atom. The summed E-state index contributed by atoms with van der Waals surface area (Å²) >= 11 is 1.80. The summed E-state index contributed by atoms with van der Waals surface area (Å²) in [7, 11) is 1.81. The number of piperidine rings is 1. The lowest BCUT2D eigenvalue weighted by Gasteiger charge is -2.49. The van der Waals surface area contributed by atoms with Crippen molar-refractivity contribution in [2.75, 3.05) is 40.0 Å².